The minimum absolute atomic E-state index is 0.346. The Kier molecular flexibility index (Phi) is 4.69. The van der Waals surface area contributed by atoms with Gasteiger partial charge in [-0.3, -0.25) is 5.43 Å². The maximum Gasteiger partial charge on any atom is 0.243 e. The van der Waals surface area contributed by atoms with Crippen molar-refractivity contribution < 1.29 is 4.74 Å². The molecule has 0 aliphatic carbocycles. The van der Waals surface area contributed by atoms with Crippen molar-refractivity contribution in [1.29, 1.82) is 0 Å². The fraction of sp³-hybridized carbons (Fsp3) is 0.727. The molecule has 0 aromatic carbocycles. The number of nitrogens with two attached hydrogens (primary N) is 1. The Morgan fingerprint density at radius 1 is 1.32 bits per heavy atom. The fourth-order valence-corrected chi connectivity index (χ4v) is 1.93. The molecule has 0 radical (unpaired) electrons. The largest absolute Gasteiger partial charge is 0.378 e. The van der Waals surface area contributed by atoms with Crippen molar-refractivity contribution in [3.8, 4) is 0 Å². The number of ether oxygens (including phenoxy) is 1. The molecule has 1 unspecified atom stereocenters. The molecule has 1 aliphatic heterocycles. The number of anilines is 3. The Morgan fingerprint density at radius 2 is 2.11 bits per heavy atom. The lowest BCUT2D eigenvalue weighted by atomic mass is 10.2. The van der Waals surface area contributed by atoms with Crippen LogP contribution >= 0.6 is 0 Å². The molecule has 1 saturated heterocycles. The van der Waals surface area contributed by atoms with Crippen LogP contribution in [0.25, 0.3) is 0 Å². The molecular weight excluding hydrogens is 246 g/mol. The van der Waals surface area contributed by atoms with E-state index in [2.05, 4.69) is 25.7 Å². The Labute approximate surface area is 112 Å². The molecule has 0 amide bonds. The molecule has 19 heavy (non-hydrogen) atoms. The van der Waals surface area contributed by atoms with Crippen molar-refractivity contribution in [2.45, 2.75) is 25.4 Å². The van der Waals surface area contributed by atoms with Crippen LogP contribution in [0, 0.1) is 0 Å². The van der Waals surface area contributed by atoms with Crippen LogP contribution in [0.15, 0.2) is 0 Å². The third-order valence-corrected chi connectivity index (χ3v) is 2.93. The Balaban J connectivity index is 1.92. The highest BCUT2D eigenvalue weighted by Gasteiger charge is 2.15. The van der Waals surface area contributed by atoms with Crippen molar-refractivity contribution in [3.63, 3.8) is 0 Å². The van der Waals surface area contributed by atoms with E-state index in [9.17, 15) is 0 Å². The molecular formula is C11H21N7O. The monoisotopic (exact) mass is 267 g/mol. The van der Waals surface area contributed by atoms with Crippen molar-refractivity contribution in [3.05, 3.63) is 0 Å². The summed E-state index contributed by atoms with van der Waals surface area (Å²) in [5, 5.41) is 3.18. The highest BCUT2D eigenvalue weighted by molar-refractivity contribution is 5.42. The molecule has 1 fully saturated rings. The van der Waals surface area contributed by atoms with E-state index in [1.54, 1.807) is 4.90 Å². The maximum atomic E-state index is 5.56. The summed E-state index contributed by atoms with van der Waals surface area (Å²) >= 11 is 0. The first-order valence-corrected chi connectivity index (χ1v) is 6.44. The van der Waals surface area contributed by atoms with Gasteiger partial charge in [0.25, 0.3) is 0 Å². The van der Waals surface area contributed by atoms with Gasteiger partial charge in [0.05, 0.1) is 6.10 Å². The first kappa shape index (κ1) is 13.8. The number of aromatic nitrogens is 3. The smallest absolute Gasteiger partial charge is 0.243 e. The van der Waals surface area contributed by atoms with Crippen molar-refractivity contribution >= 4 is 17.8 Å². The van der Waals surface area contributed by atoms with Gasteiger partial charge < -0.3 is 15.0 Å². The molecule has 0 bridgehead atoms. The molecule has 0 saturated carbocycles. The summed E-state index contributed by atoms with van der Waals surface area (Å²) in [6, 6.07) is 0. The van der Waals surface area contributed by atoms with E-state index in [-0.39, 0.29) is 0 Å². The van der Waals surface area contributed by atoms with E-state index in [1.807, 2.05) is 14.1 Å². The molecule has 8 heteroatoms. The highest BCUT2D eigenvalue weighted by atomic mass is 16.5. The van der Waals surface area contributed by atoms with Gasteiger partial charge in [-0.1, -0.05) is 0 Å². The molecule has 2 heterocycles. The predicted molar refractivity (Wildman–Crippen MR) is 74.0 cm³/mol. The van der Waals surface area contributed by atoms with Crippen molar-refractivity contribution in [1.82, 2.24) is 15.0 Å². The summed E-state index contributed by atoms with van der Waals surface area (Å²) in [7, 11) is 3.73. The van der Waals surface area contributed by atoms with Crippen LogP contribution in [0.5, 0.6) is 0 Å². The van der Waals surface area contributed by atoms with Crippen LogP contribution in [-0.2, 0) is 4.74 Å². The zero-order chi connectivity index (χ0) is 13.7. The summed E-state index contributed by atoms with van der Waals surface area (Å²) in [5.41, 5.74) is 2.44. The average molecular weight is 267 g/mol. The summed E-state index contributed by atoms with van der Waals surface area (Å²) in [6.07, 6.45) is 3.60. The number of rotatable bonds is 6. The van der Waals surface area contributed by atoms with Gasteiger partial charge in [-0.15, -0.1) is 0 Å². The van der Waals surface area contributed by atoms with Crippen molar-refractivity contribution in [2.24, 2.45) is 5.84 Å². The summed E-state index contributed by atoms with van der Waals surface area (Å²) in [5.74, 6) is 6.77. The van der Waals surface area contributed by atoms with Gasteiger partial charge in [0.15, 0.2) is 0 Å². The number of nitrogen functional groups attached to an aromatic ring is 1. The predicted octanol–water partition coefficient (Wildman–Crippen LogP) is 0.204. The lowest BCUT2D eigenvalue weighted by molar-refractivity contribution is 0.107. The van der Waals surface area contributed by atoms with Crippen LogP contribution in [-0.4, -0.2) is 48.3 Å². The van der Waals surface area contributed by atoms with Gasteiger partial charge in [0.2, 0.25) is 17.8 Å². The van der Waals surface area contributed by atoms with E-state index >= 15 is 0 Å². The lowest BCUT2D eigenvalue weighted by Crippen LogP contribution is -2.20. The second kappa shape index (κ2) is 6.48. The van der Waals surface area contributed by atoms with E-state index in [0.29, 0.717) is 23.9 Å². The normalized spacial score (nSPS) is 18.4. The number of hydrazine groups is 1. The second-order valence-corrected chi connectivity index (χ2v) is 4.67. The van der Waals surface area contributed by atoms with Gasteiger partial charge in [-0.05, 0) is 19.3 Å². The van der Waals surface area contributed by atoms with Gasteiger partial charge in [0.1, 0.15) is 0 Å². The molecule has 8 nitrogen and oxygen atoms in total. The summed E-state index contributed by atoms with van der Waals surface area (Å²) < 4.78 is 5.56. The maximum absolute atomic E-state index is 5.56. The van der Waals surface area contributed by atoms with Crippen LogP contribution in [0.4, 0.5) is 17.8 Å². The van der Waals surface area contributed by atoms with E-state index < -0.39 is 0 Å². The Morgan fingerprint density at radius 3 is 2.74 bits per heavy atom. The zero-order valence-electron chi connectivity index (χ0n) is 11.4. The van der Waals surface area contributed by atoms with E-state index in [1.165, 1.54) is 0 Å². The van der Waals surface area contributed by atoms with E-state index in [0.717, 1.165) is 32.4 Å². The van der Waals surface area contributed by atoms with Crippen LogP contribution in [0.1, 0.15) is 19.3 Å². The molecule has 1 aromatic heterocycles. The lowest BCUT2D eigenvalue weighted by Gasteiger charge is -2.14. The van der Waals surface area contributed by atoms with Crippen LogP contribution < -0.4 is 21.5 Å². The van der Waals surface area contributed by atoms with Crippen LogP contribution in [0.3, 0.4) is 0 Å². The number of nitrogens with one attached hydrogen (secondary N) is 2. The second-order valence-electron chi connectivity index (χ2n) is 4.67. The standard InChI is InChI=1S/C11H21N7O/c1-18(2)11-15-9(14-10(16-11)17-12)13-6-5-8-4-3-7-19-8/h8H,3-7,12H2,1-2H3,(H2,13,14,15,16,17). The van der Waals surface area contributed by atoms with Gasteiger partial charge >= 0.3 is 0 Å². The molecule has 1 aliphatic rings. The molecule has 0 spiro atoms. The number of hydrogen-bond donors (Lipinski definition) is 3. The minimum atomic E-state index is 0.346. The number of hydrogen-bond acceptors (Lipinski definition) is 8. The topological polar surface area (TPSA) is 101 Å². The third-order valence-electron chi connectivity index (χ3n) is 2.93. The first-order valence-electron chi connectivity index (χ1n) is 6.44. The summed E-state index contributed by atoms with van der Waals surface area (Å²) in [6.45, 7) is 1.65. The highest BCUT2D eigenvalue weighted by Crippen LogP contribution is 2.15. The quantitative estimate of drug-likeness (QED) is 0.496. The molecule has 1 aromatic rings. The molecule has 106 valence electrons. The van der Waals surface area contributed by atoms with Crippen LogP contribution in [0.2, 0.25) is 0 Å². The van der Waals surface area contributed by atoms with Crippen molar-refractivity contribution in [2.75, 3.05) is 42.9 Å². The average Bonchev–Trinajstić information content (AvgIpc) is 2.91. The van der Waals surface area contributed by atoms with Gasteiger partial charge in [-0.25, -0.2) is 5.84 Å². The van der Waals surface area contributed by atoms with Gasteiger partial charge in [0, 0.05) is 27.2 Å². The SMILES string of the molecule is CN(C)c1nc(NN)nc(NCCC2CCCO2)n1. The summed E-state index contributed by atoms with van der Waals surface area (Å²) in [4.78, 5) is 14.4. The Bertz CT molecular complexity index is 406. The number of nitrogens with zero attached hydrogens (tertiary/aromatic N) is 4. The van der Waals surface area contributed by atoms with E-state index in [4.69, 9.17) is 10.6 Å². The molecule has 1 atom stereocenters. The molecule has 4 N–H and O–H groups in total. The minimum Gasteiger partial charge on any atom is -0.378 e. The third kappa shape index (κ3) is 3.90. The molecule has 2 rings (SSSR count). The van der Waals surface area contributed by atoms with Gasteiger partial charge in [-0.2, -0.15) is 15.0 Å². The first-order chi connectivity index (χ1) is 9.19. The fourth-order valence-electron chi connectivity index (χ4n) is 1.93. The zero-order valence-corrected chi connectivity index (χ0v) is 11.4. The Hall–Kier alpha value is -1.67.